The highest BCUT2D eigenvalue weighted by molar-refractivity contribution is 7.92. The number of methoxy groups -OCH3 is 1. The molecule has 0 N–H and O–H groups in total. The minimum absolute atomic E-state index is 0.0312. The molecule has 9 nitrogen and oxygen atoms in total. The van der Waals surface area contributed by atoms with Crippen molar-refractivity contribution in [2.45, 2.75) is 6.54 Å². The summed E-state index contributed by atoms with van der Waals surface area (Å²) in [6, 6.07) is 12.1. The number of aromatic nitrogens is 2. The average molecular weight is 448 g/mol. The highest BCUT2D eigenvalue weighted by Gasteiger charge is 2.24. The minimum atomic E-state index is -3.82. The van der Waals surface area contributed by atoms with Crippen LogP contribution >= 0.6 is 0 Å². The van der Waals surface area contributed by atoms with Crippen molar-refractivity contribution in [3.63, 3.8) is 0 Å². The molecule has 1 amide bonds. The minimum Gasteiger partial charge on any atom is -0.497 e. The first-order valence-corrected chi connectivity index (χ1v) is 11.0. The van der Waals surface area contributed by atoms with Crippen LogP contribution in [0.15, 0.2) is 53.1 Å². The van der Waals surface area contributed by atoms with Gasteiger partial charge in [-0.05, 0) is 30.3 Å². The molecule has 0 bridgehead atoms. The van der Waals surface area contributed by atoms with E-state index in [0.717, 1.165) is 16.6 Å². The molecule has 164 valence electrons. The first-order chi connectivity index (χ1) is 14.7. The second kappa shape index (κ2) is 9.13. The lowest BCUT2D eigenvalue weighted by atomic mass is 10.2. The van der Waals surface area contributed by atoms with Crippen molar-refractivity contribution >= 4 is 21.6 Å². The quantitative estimate of drug-likeness (QED) is 0.521. The summed E-state index contributed by atoms with van der Waals surface area (Å²) in [4.78, 5) is 18.2. The van der Waals surface area contributed by atoms with Gasteiger partial charge in [0.2, 0.25) is 27.6 Å². The fourth-order valence-electron chi connectivity index (χ4n) is 2.76. The monoisotopic (exact) mass is 448 g/mol. The van der Waals surface area contributed by atoms with E-state index in [1.54, 1.807) is 31.4 Å². The van der Waals surface area contributed by atoms with E-state index in [0.29, 0.717) is 17.1 Å². The molecule has 0 aliphatic heterocycles. The molecule has 31 heavy (non-hydrogen) atoms. The lowest BCUT2D eigenvalue weighted by molar-refractivity contribution is -0.129. The topological polar surface area (TPSA) is 106 Å². The first kappa shape index (κ1) is 22.2. The van der Waals surface area contributed by atoms with Crippen LogP contribution in [0.3, 0.4) is 0 Å². The molecule has 11 heteroatoms. The molecule has 3 rings (SSSR count). The zero-order chi connectivity index (χ0) is 22.6. The van der Waals surface area contributed by atoms with Crippen LogP contribution in [-0.2, 0) is 21.4 Å². The van der Waals surface area contributed by atoms with Gasteiger partial charge in [0.25, 0.3) is 0 Å². The van der Waals surface area contributed by atoms with Crippen LogP contribution < -0.4 is 9.04 Å². The van der Waals surface area contributed by atoms with Gasteiger partial charge < -0.3 is 14.2 Å². The molecular weight excluding hydrogens is 427 g/mol. The normalized spacial score (nSPS) is 11.2. The second-order valence-corrected chi connectivity index (χ2v) is 8.65. The molecule has 0 saturated carbocycles. The summed E-state index contributed by atoms with van der Waals surface area (Å²) in [5, 5.41) is 3.90. The van der Waals surface area contributed by atoms with Crippen LogP contribution in [-0.4, -0.2) is 56.3 Å². The number of likely N-dealkylation sites (N-methyl/N-ethyl adjacent to an activating group) is 1. The van der Waals surface area contributed by atoms with Crippen molar-refractivity contribution in [3.8, 4) is 17.1 Å². The van der Waals surface area contributed by atoms with E-state index in [-0.39, 0.29) is 18.1 Å². The molecule has 0 aliphatic rings. The largest absolute Gasteiger partial charge is 0.497 e. The third-order valence-corrected chi connectivity index (χ3v) is 5.51. The van der Waals surface area contributed by atoms with E-state index in [9.17, 15) is 17.6 Å². The van der Waals surface area contributed by atoms with E-state index in [1.807, 2.05) is 0 Å². The predicted molar refractivity (Wildman–Crippen MR) is 111 cm³/mol. The van der Waals surface area contributed by atoms with Crippen LogP contribution in [0.4, 0.5) is 10.1 Å². The number of anilines is 1. The van der Waals surface area contributed by atoms with Crippen molar-refractivity contribution in [1.82, 2.24) is 15.0 Å². The Morgan fingerprint density at radius 3 is 2.61 bits per heavy atom. The lowest BCUT2D eigenvalue weighted by Gasteiger charge is -2.24. The van der Waals surface area contributed by atoms with Gasteiger partial charge >= 0.3 is 0 Å². The van der Waals surface area contributed by atoms with Gasteiger partial charge in [-0.2, -0.15) is 4.98 Å². The Kier molecular flexibility index (Phi) is 6.54. The molecule has 0 atom stereocenters. The second-order valence-electron chi connectivity index (χ2n) is 6.74. The Labute approximate surface area is 179 Å². The zero-order valence-corrected chi connectivity index (χ0v) is 18.0. The maximum atomic E-state index is 13.5. The van der Waals surface area contributed by atoms with Crippen molar-refractivity contribution < 1.29 is 26.9 Å². The number of carbonyl (C=O) groups excluding carboxylic acids is 1. The van der Waals surface area contributed by atoms with Gasteiger partial charge in [0.1, 0.15) is 18.1 Å². The van der Waals surface area contributed by atoms with E-state index < -0.39 is 28.3 Å². The van der Waals surface area contributed by atoms with Crippen LogP contribution in [0.2, 0.25) is 0 Å². The standard InChI is InChI=1S/C20H21FN4O5S/c1-24(12-18-22-20(23-30-18)14-6-4-9-17(10-14)29-2)19(26)13-25(31(3,27)28)16-8-5-7-15(21)11-16/h4-11H,12-13H2,1-3H3. The number of benzene rings is 2. The van der Waals surface area contributed by atoms with Crippen LogP contribution in [0.1, 0.15) is 5.89 Å². The third-order valence-electron chi connectivity index (χ3n) is 4.37. The first-order valence-electron chi connectivity index (χ1n) is 9.11. The number of hydrogen-bond acceptors (Lipinski definition) is 7. The van der Waals surface area contributed by atoms with Crippen molar-refractivity contribution in [2.24, 2.45) is 0 Å². The smallest absolute Gasteiger partial charge is 0.246 e. The molecule has 0 unspecified atom stereocenters. The molecule has 0 spiro atoms. The van der Waals surface area contributed by atoms with Crippen LogP contribution in [0, 0.1) is 5.82 Å². The summed E-state index contributed by atoms with van der Waals surface area (Å²) in [6.45, 7) is -0.535. The highest BCUT2D eigenvalue weighted by Crippen LogP contribution is 2.22. The van der Waals surface area contributed by atoms with Crippen molar-refractivity contribution in [1.29, 1.82) is 0 Å². The fraction of sp³-hybridized carbons (Fsp3) is 0.250. The van der Waals surface area contributed by atoms with E-state index >= 15 is 0 Å². The predicted octanol–water partition coefficient (Wildman–Crippen LogP) is 2.31. The maximum absolute atomic E-state index is 13.5. The zero-order valence-electron chi connectivity index (χ0n) is 17.1. The molecule has 0 radical (unpaired) electrons. The molecule has 0 aliphatic carbocycles. The molecule has 1 aromatic heterocycles. The summed E-state index contributed by atoms with van der Waals surface area (Å²) in [5.41, 5.74) is 0.736. The summed E-state index contributed by atoms with van der Waals surface area (Å²) in [5.74, 6) is -0.00864. The van der Waals surface area contributed by atoms with Crippen molar-refractivity contribution in [3.05, 3.63) is 60.2 Å². The number of hydrogen-bond donors (Lipinski definition) is 0. The van der Waals surface area contributed by atoms with E-state index in [2.05, 4.69) is 10.1 Å². The van der Waals surface area contributed by atoms with Gasteiger partial charge in [-0.15, -0.1) is 0 Å². The molecule has 0 fully saturated rings. The Morgan fingerprint density at radius 1 is 1.19 bits per heavy atom. The van der Waals surface area contributed by atoms with Crippen LogP contribution in [0.25, 0.3) is 11.4 Å². The van der Waals surface area contributed by atoms with Gasteiger partial charge in [-0.25, -0.2) is 12.8 Å². The fourth-order valence-corrected chi connectivity index (χ4v) is 3.61. The summed E-state index contributed by atoms with van der Waals surface area (Å²) < 4.78 is 49.1. The molecule has 3 aromatic rings. The Morgan fingerprint density at radius 2 is 1.94 bits per heavy atom. The van der Waals surface area contributed by atoms with E-state index in [1.165, 1.54) is 30.1 Å². The summed E-state index contributed by atoms with van der Waals surface area (Å²) in [7, 11) is -0.796. The molecule has 2 aromatic carbocycles. The Balaban J connectivity index is 1.72. The number of rotatable bonds is 8. The molecule has 0 saturated heterocycles. The molecular formula is C20H21FN4O5S. The Hall–Kier alpha value is -3.47. The summed E-state index contributed by atoms with van der Waals surface area (Å²) >= 11 is 0. The summed E-state index contributed by atoms with van der Waals surface area (Å²) in [6.07, 6.45) is 0.948. The van der Waals surface area contributed by atoms with Crippen LogP contribution in [0.5, 0.6) is 5.75 Å². The van der Waals surface area contributed by atoms with Gasteiger partial charge in [-0.3, -0.25) is 9.10 Å². The lowest BCUT2D eigenvalue weighted by Crippen LogP contribution is -2.41. The number of sulfonamides is 1. The van der Waals surface area contributed by atoms with Gasteiger partial charge in [0.15, 0.2) is 0 Å². The Bertz CT molecular complexity index is 1180. The molecule has 1 heterocycles. The van der Waals surface area contributed by atoms with Crippen molar-refractivity contribution in [2.75, 3.05) is 31.3 Å². The number of amides is 1. The number of halogens is 1. The maximum Gasteiger partial charge on any atom is 0.246 e. The average Bonchev–Trinajstić information content (AvgIpc) is 3.19. The van der Waals surface area contributed by atoms with E-state index in [4.69, 9.17) is 9.26 Å². The van der Waals surface area contributed by atoms with Gasteiger partial charge in [0.05, 0.1) is 25.6 Å². The highest BCUT2D eigenvalue weighted by atomic mass is 32.2. The SMILES string of the molecule is COc1cccc(-c2noc(CN(C)C(=O)CN(c3cccc(F)c3)S(C)(=O)=O)n2)c1. The van der Waals surface area contributed by atoms with Gasteiger partial charge in [0, 0.05) is 12.6 Å². The number of nitrogens with zero attached hydrogens (tertiary/aromatic N) is 4. The third kappa shape index (κ3) is 5.57. The number of ether oxygens (including phenoxy) is 1. The van der Waals surface area contributed by atoms with Gasteiger partial charge in [-0.1, -0.05) is 23.4 Å². The number of carbonyl (C=O) groups is 1.